The molecular weight excluding hydrogens is 232 g/mol. The van der Waals surface area contributed by atoms with E-state index in [0.717, 1.165) is 6.54 Å². The Morgan fingerprint density at radius 3 is 2.68 bits per heavy atom. The first-order valence-corrected chi connectivity index (χ1v) is 7.18. The van der Waals surface area contributed by atoms with E-state index in [4.69, 9.17) is 5.26 Å². The Bertz CT molecular complexity index is 496. The summed E-state index contributed by atoms with van der Waals surface area (Å²) in [6.45, 7) is 9.98. The van der Waals surface area contributed by atoms with Crippen molar-refractivity contribution in [3.8, 4) is 6.07 Å². The maximum absolute atomic E-state index is 9.02. The zero-order valence-electron chi connectivity index (χ0n) is 12.5. The summed E-state index contributed by atoms with van der Waals surface area (Å²) in [5.74, 6) is 0.466. The molecular formula is C17H24N2. The van der Waals surface area contributed by atoms with E-state index >= 15 is 0 Å². The van der Waals surface area contributed by atoms with Crippen LogP contribution < -0.4 is 4.90 Å². The van der Waals surface area contributed by atoms with Gasteiger partial charge in [-0.2, -0.15) is 5.26 Å². The van der Waals surface area contributed by atoms with Gasteiger partial charge in [0.15, 0.2) is 0 Å². The second-order valence-corrected chi connectivity index (χ2v) is 6.28. The average molecular weight is 256 g/mol. The number of hydrogen-bond donors (Lipinski definition) is 0. The number of rotatable bonds is 2. The third-order valence-corrected chi connectivity index (χ3v) is 4.77. The Balaban J connectivity index is 2.32. The summed E-state index contributed by atoms with van der Waals surface area (Å²) in [4.78, 5) is 2.49. The normalized spacial score (nSPS) is 22.1. The number of benzene rings is 1. The van der Waals surface area contributed by atoms with Gasteiger partial charge in [0, 0.05) is 24.2 Å². The monoisotopic (exact) mass is 256 g/mol. The first kappa shape index (κ1) is 13.9. The topological polar surface area (TPSA) is 27.0 Å². The quantitative estimate of drug-likeness (QED) is 0.792. The molecule has 2 heteroatoms. The molecule has 19 heavy (non-hydrogen) atoms. The first-order chi connectivity index (χ1) is 8.96. The van der Waals surface area contributed by atoms with Crippen molar-refractivity contribution in [3.63, 3.8) is 0 Å². The van der Waals surface area contributed by atoms with Crippen molar-refractivity contribution in [1.29, 1.82) is 5.26 Å². The molecule has 2 rings (SSSR count). The van der Waals surface area contributed by atoms with Crippen LogP contribution in [0.25, 0.3) is 0 Å². The average Bonchev–Trinajstić information content (AvgIpc) is 2.35. The van der Waals surface area contributed by atoms with Gasteiger partial charge < -0.3 is 4.90 Å². The van der Waals surface area contributed by atoms with Crippen LogP contribution in [-0.2, 0) is 0 Å². The van der Waals surface area contributed by atoms with Gasteiger partial charge >= 0.3 is 0 Å². The van der Waals surface area contributed by atoms with Crippen LogP contribution in [-0.4, -0.2) is 12.1 Å². The molecule has 102 valence electrons. The zero-order chi connectivity index (χ0) is 14.0. The largest absolute Gasteiger partial charge is 0.366 e. The molecule has 1 fully saturated rings. The van der Waals surface area contributed by atoms with E-state index in [1.165, 1.54) is 29.7 Å². The molecule has 1 aromatic carbocycles. The van der Waals surface area contributed by atoms with Gasteiger partial charge in [0.05, 0.1) is 6.07 Å². The SMILES string of the molecule is Cc1ccc(N2CCCC(CC#N)C2(C)C)cc1C. The fraction of sp³-hybridized carbons (Fsp3) is 0.588. The van der Waals surface area contributed by atoms with Crippen LogP contribution in [0.1, 0.15) is 44.2 Å². The molecule has 1 saturated heterocycles. The maximum Gasteiger partial charge on any atom is 0.0625 e. The maximum atomic E-state index is 9.02. The first-order valence-electron chi connectivity index (χ1n) is 7.18. The molecule has 0 aliphatic carbocycles. The van der Waals surface area contributed by atoms with Crippen molar-refractivity contribution < 1.29 is 0 Å². The number of nitriles is 1. The highest BCUT2D eigenvalue weighted by atomic mass is 15.2. The smallest absolute Gasteiger partial charge is 0.0625 e. The van der Waals surface area contributed by atoms with Crippen molar-refractivity contribution in [1.82, 2.24) is 0 Å². The molecule has 0 bridgehead atoms. The van der Waals surface area contributed by atoms with Crippen molar-refractivity contribution in [2.45, 2.75) is 52.5 Å². The third-order valence-electron chi connectivity index (χ3n) is 4.77. The molecule has 1 heterocycles. The van der Waals surface area contributed by atoms with Crippen LogP contribution in [0.5, 0.6) is 0 Å². The lowest BCUT2D eigenvalue weighted by Crippen LogP contribution is -2.53. The van der Waals surface area contributed by atoms with Gasteiger partial charge in [-0.05, 0) is 69.7 Å². The summed E-state index contributed by atoms with van der Waals surface area (Å²) >= 11 is 0. The fourth-order valence-corrected chi connectivity index (χ4v) is 3.17. The summed E-state index contributed by atoms with van der Waals surface area (Å²) in [7, 11) is 0. The lowest BCUT2D eigenvalue weighted by atomic mass is 9.77. The van der Waals surface area contributed by atoms with Gasteiger partial charge in [0.25, 0.3) is 0 Å². The molecule has 0 saturated carbocycles. The van der Waals surface area contributed by atoms with Gasteiger partial charge in [0.2, 0.25) is 0 Å². The van der Waals surface area contributed by atoms with Crippen LogP contribution in [0.2, 0.25) is 0 Å². The second-order valence-electron chi connectivity index (χ2n) is 6.28. The molecule has 0 amide bonds. The number of aryl methyl sites for hydroxylation is 2. The number of nitrogens with zero attached hydrogens (tertiary/aromatic N) is 2. The summed E-state index contributed by atoms with van der Waals surface area (Å²) in [5.41, 5.74) is 4.05. The summed E-state index contributed by atoms with van der Waals surface area (Å²) in [6, 6.07) is 9.07. The third kappa shape index (κ3) is 2.61. The molecule has 1 aliphatic rings. The molecule has 2 nitrogen and oxygen atoms in total. The van der Waals surface area contributed by atoms with E-state index in [0.29, 0.717) is 12.3 Å². The van der Waals surface area contributed by atoms with Gasteiger partial charge in [-0.25, -0.2) is 0 Å². The molecule has 0 radical (unpaired) electrons. The number of hydrogen-bond acceptors (Lipinski definition) is 2. The highest BCUT2D eigenvalue weighted by molar-refractivity contribution is 5.53. The Kier molecular flexibility index (Phi) is 3.85. The highest BCUT2D eigenvalue weighted by Gasteiger charge is 2.38. The fourth-order valence-electron chi connectivity index (χ4n) is 3.17. The van der Waals surface area contributed by atoms with Gasteiger partial charge in [-0.15, -0.1) is 0 Å². The van der Waals surface area contributed by atoms with Gasteiger partial charge in [0.1, 0.15) is 0 Å². The van der Waals surface area contributed by atoms with Crippen LogP contribution in [0, 0.1) is 31.1 Å². The van der Waals surface area contributed by atoms with Crippen LogP contribution >= 0.6 is 0 Å². The molecule has 1 aromatic rings. The standard InChI is InChI=1S/C17H24N2/c1-13-7-8-16(12-14(13)2)19-11-5-6-15(9-10-18)17(19,3)4/h7-8,12,15H,5-6,9,11H2,1-4H3. The van der Waals surface area contributed by atoms with E-state index in [1.54, 1.807) is 0 Å². The predicted octanol–water partition coefficient (Wildman–Crippen LogP) is 4.21. The van der Waals surface area contributed by atoms with E-state index in [9.17, 15) is 0 Å². The number of piperidine rings is 1. The van der Waals surface area contributed by atoms with E-state index in [-0.39, 0.29) is 5.54 Å². The summed E-state index contributed by atoms with van der Waals surface area (Å²) in [5, 5.41) is 9.02. The van der Waals surface area contributed by atoms with Crippen molar-refractivity contribution in [2.24, 2.45) is 5.92 Å². The molecule has 0 N–H and O–H groups in total. The molecule has 0 spiro atoms. The molecule has 1 atom stereocenters. The van der Waals surface area contributed by atoms with Crippen molar-refractivity contribution in [2.75, 3.05) is 11.4 Å². The number of anilines is 1. The van der Waals surface area contributed by atoms with Crippen LogP contribution in [0.15, 0.2) is 18.2 Å². The second kappa shape index (κ2) is 5.25. The molecule has 0 aromatic heterocycles. The van der Waals surface area contributed by atoms with E-state index < -0.39 is 0 Å². The van der Waals surface area contributed by atoms with E-state index in [1.807, 2.05) is 0 Å². The van der Waals surface area contributed by atoms with Crippen LogP contribution in [0.4, 0.5) is 5.69 Å². The van der Waals surface area contributed by atoms with Gasteiger partial charge in [-0.3, -0.25) is 0 Å². The predicted molar refractivity (Wildman–Crippen MR) is 80.3 cm³/mol. The Hall–Kier alpha value is -1.49. The van der Waals surface area contributed by atoms with Crippen molar-refractivity contribution in [3.05, 3.63) is 29.3 Å². The van der Waals surface area contributed by atoms with Crippen molar-refractivity contribution >= 4 is 5.69 Å². The lowest BCUT2D eigenvalue weighted by molar-refractivity contribution is 0.242. The van der Waals surface area contributed by atoms with Crippen LogP contribution in [0.3, 0.4) is 0 Å². The zero-order valence-corrected chi connectivity index (χ0v) is 12.5. The molecule has 1 aliphatic heterocycles. The molecule has 1 unspecified atom stereocenters. The Labute approximate surface area is 117 Å². The minimum Gasteiger partial charge on any atom is -0.366 e. The lowest BCUT2D eigenvalue weighted by Gasteiger charge is -2.49. The summed E-state index contributed by atoms with van der Waals surface area (Å²) in [6.07, 6.45) is 3.01. The summed E-state index contributed by atoms with van der Waals surface area (Å²) < 4.78 is 0. The highest BCUT2D eigenvalue weighted by Crippen LogP contribution is 2.38. The Morgan fingerprint density at radius 1 is 1.32 bits per heavy atom. The Morgan fingerprint density at radius 2 is 2.05 bits per heavy atom. The minimum absolute atomic E-state index is 0.0652. The van der Waals surface area contributed by atoms with Gasteiger partial charge in [-0.1, -0.05) is 6.07 Å². The van der Waals surface area contributed by atoms with E-state index in [2.05, 4.69) is 56.9 Å². The minimum atomic E-state index is 0.0652.